The number of carbonyl (C=O) groups is 3. The number of nitrogens with one attached hydrogen (secondary N) is 1. The van der Waals surface area contributed by atoms with Crippen LogP contribution >= 0.6 is 24.4 Å². The molecular formula is C14H23NO6S2. The lowest BCUT2D eigenvalue weighted by molar-refractivity contribution is -0.141. The number of carbonyl (C=O) groups excluding carboxylic acids is 2. The van der Waals surface area contributed by atoms with Crippen LogP contribution in [0.4, 0.5) is 0 Å². The van der Waals surface area contributed by atoms with Crippen molar-refractivity contribution in [3.63, 3.8) is 0 Å². The zero-order valence-corrected chi connectivity index (χ0v) is 14.8. The van der Waals surface area contributed by atoms with E-state index in [0.717, 1.165) is 6.42 Å². The Kier molecular flexibility index (Phi) is 8.38. The van der Waals surface area contributed by atoms with Crippen LogP contribution in [0, 0.1) is 5.92 Å². The highest BCUT2D eigenvalue weighted by atomic mass is 32.2. The maximum atomic E-state index is 11.6. The van der Waals surface area contributed by atoms with Crippen molar-refractivity contribution in [3.8, 4) is 0 Å². The summed E-state index contributed by atoms with van der Waals surface area (Å²) in [5.41, 5.74) is 0. The van der Waals surface area contributed by atoms with E-state index in [4.69, 9.17) is 4.74 Å². The third kappa shape index (κ3) is 5.98. The first-order chi connectivity index (χ1) is 10.8. The van der Waals surface area contributed by atoms with Crippen molar-refractivity contribution in [2.45, 2.75) is 50.1 Å². The topological polar surface area (TPSA) is 113 Å². The number of ether oxygens (including phenoxy) is 1. The number of rotatable bonds is 9. The number of aliphatic hydroxyl groups excluding tert-OH is 1. The third-order valence-corrected chi connectivity index (χ3v) is 5.23. The minimum absolute atomic E-state index is 0.0526. The molecule has 1 aliphatic heterocycles. The van der Waals surface area contributed by atoms with Crippen LogP contribution in [-0.4, -0.2) is 63.1 Å². The molecule has 3 N–H and O–H groups in total. The fourth-order valence-corrected chi connectivity index (χ4v) is 4.14. The van der Waals surface area contributed by atoms with Crippen molar-refractivity contribution >= 4 is 41.4 Å². The van der Waals surface area contributed by atoms with E-state index in [1.54, 1.807) is 0 Å². The maximum Gasteiger partial charge on any atom is 0.321 e. The Morgan fingerprint density at radius 3 is 2.57 bits per heavy atom. The van der Waals surface area contributed by atoms with Crippen LogP contribution in [0.1, 0.15) is 26.7 Å². The molecule has 1 heterocycles. The second-order valence-electron chi connectivity index (χ2n) is 5.50. The van der Waals surface area contributed by atoms with Crippen molar-refractivity contribution in [1.82, 2.24) is 5.32 Å². The van der Waals surface area contributed by atoms with Gasteiger partial charge in [0.05, 0.1) is 24.4 Å². The summed E-state index contributed by atoms with van der Waals surface area (Å²) in [6.07, 6.45) is 0.136. The maximum absolute atomic E-state index is 11.6. The molecule has 0 bridgehead atoms. The highest BCUT2D eigenvalue weighted by Crippen LogP contribution is 2.31. The standard InChI is InChI=1S/C14H23NO6S2/c1-3-4-21-10(17)6-23-9-5-8(15-12(9)13(18)19)11(7(2)16)14(20)22/h7-9,11-12,15-16H,3-6H2,1-2H3,(H,18,19)(H,20,22)/t7-,8-,9-,11-,12-/m1/s1. The lowest BCUT2D eigenvalue weighted by atomic mass is 9.94. The van der Waals surface area contributed by atoms with Gasteiger partial charge in [0.1, 0.15) is 6.04 Å². The number of thioether (sulfide) groups is 1. The number of carboxylic acids is 1. The molecule has 1 rings (SSSR count). The molecule has 1 aliphatic rings. The van der Waals surface area contributed by atoms with E-state index in [9.17, 15) is 24.6 Å². The molecule has 0 aliphatic carbocycles. The highest BCUT2D eigenvalue weighted by molar-refractivity contribution is 8.00. The van der Waals surface area contributed by atoms with Gasteiger partial charge < -0.3 is 14.9 Å². The fraction of sp³-hybridized carbons (Fsp3) is 0.786. The Labute approximate surface area is 144 Å². The molecule has 132 valence electrons. The molecule has 5 atom stereocenters. The Hall–Kier alpha value is -0.770. The molecule has 0 aromatic rings. The lowest BCUT2D eigenvalue weighted by Crippen LogP contribution is -2.45. The van der Waals surface area contributed by atoms with Crippen LogP contribution in [0.5, 0.6) is 0 Å². The van der Waals surface area contributed by atoms with Crippen LogP contribution in [0.3, 0.4) is 0 Å². The molecule has 1 saturated heterocycles. The van der Waals surface area contributed by atoms with Crippen LogP contribution in [0.15, 0.2) is 0 Å². The highest BCUT2D eigenvalue weighted by Gasteiger charge is 2.44. The first-order valence-corrected chi connectivity index (χ1v) is 8.94. The fourth-order valence-electron chi connectivity index (χ4n) is 2.58. The van der Waals surface area contributed by atoms with Gasteiger partial charge in [0.25, 0.3) is 0 Å². The quantitative estimate of drug-likeness (QED) is 0.341. The van der Waals surface area contributed by atoms with Crippen molar-refractivity contribution in [3.05, 3.63) is 0 Å². The summed E-state index contributed by atoms with van der Waals surface area (Å²) in [5.74, 6) is -2.18. The van der Waals surface area contributed by atoms with Gasteiger partial charge in [-0.15, -0.1) is 24.4 Å². The van der Waals surface area contributed by atoms with Crippen LogP contribution in [-0.2, 0) is 19.1 Å². The van der Waals surface area contributed by atoms with Crippen molar-refractivity contribution in [1.29, 1.82) is 0 Å². The van der Waals surface area contributed by atoms with Gasteiger partial charge in [0, 0.05) is 11.3 Å². The summed E-state index contributed by atoms with van der Waals surface area (Å²) >= 11 is 4.96. The Morgan fingerprint density at radius 2 is 2.09 bits per heavy atom. The summed E-state index contributed by atoms with van der Waals surface area (Å²) in [7, 11) is 0. The van der Waals surface area contributed by atoms with Crippen molar-refractivity contribution < 1.29 is 29.3 Å². The van der Waals surface area contributed by atoms with E-state index >= 15 is 0 Å². The number of carboxylic acid groups (broad SMARTS) is 1. The number of hydrogen-bond donors (Lipinski definition) is 4. The zero-order chi connectivity index (χ0) is 17.6. The SMILES string of the molecule is CCCOC(=O)CS[C@@H]1C[C@H]([C@H](C(=O)S)[C@@H](C)O)N[C@H]1C(=O)O. The van der Waals surface area contributed by atoms with Gasteiger partial charge >= 0.3 is 11.9 Å². The number of hydrogen-bond acceptors (Lipinski definition) is 7. The second kappa shape index (κ2) is 9.51. The zero-order valence-electron chi connectivity index (χ0n) is 13.1. The first kappa shape index (κ1) is 20.3. The molecule has 0 spiro atoms. The van der Waals surface area contributed by atoms with Gasteiger partial charge in [-0.1, -0.05) is 6.92 Å². The van der Waals surface area contributed by atoms with E-state index < -0.39 is 35.2 Å². The monoisotopic (exact) mass is 365 g/mol. The summed E-state index contributed by atoms with van der Waals surface area (Å²) in [5, 5.41) is 21.0. The average molecular weight is 365 g/mol. The second-order valence-corrected chi connectivity index (χ2v) is 7.17. The molecule has 9 heteroatoms. The number of esters is 1. The summed E-state index contributed by atoms with van der Waals surface area (Å²) < 4.78 is 4.96. The average Bonchev–Trinajstić information content (AvgIpc) is 2.86. The van der Waals surface area contributed by atoms with E-state index in [-0.39, 0.29) is 17.0 Å². The Bertz CT molecular complexity index is 445. The van der Waals surface area contributed by atoms with E-state index in [1.807, 2.05) is 6.92 Å². The number of thiol groups is 1. The summed E-state index contributed by atoms with van der Waals surface area (Å²) in [6, 6.07) is -1.39. The summed E-state index contributed by atoms with van der Waals surface area (Å²) in [6.45, 7) is 3.70. The third-order valence-electron chi connectivity index (χ3n) is 3.64. The molecule has 0 amide bonds. The minimum atomic E-state index is -1.05. The van der Waals surface area contributed by atoms with E-state index in [2.05, 4.69) is 17.9 Å². The van der Waals surface area contributed by atoms with Gasteiger partial charge in [0.2, 0.25) is 0 Å². The largest absolute Gasteiger partial charge is 0.480 e. The van der Waals surface area contributed by atoms with Crippen molar-refractivity contribution in [2.75, 3.05) is 12.4 Å². The predicted molar refractivity (Wildman–Crippen MR) is 89.6 cm³/mol. The van der Waals surface area contributed by atoms with Gasteiger partial charge in [0.15, 0.2) is 5.12 Å². The van der Waals surface area contributed by atoms with E-state index in [1.165, 1.54) is 18.7 Å². The lowest BCUT2D eigenvalue weighted by Gasteiger charge is -2.23. The van der Waals surface area contributed by atoms with Gasteiger partial charge in [-0.2, -0.15) is 0 Å². The van der Waals surface area contributed by atoms with Crippen LogP contribution in [0.25, 0.3) is 0 Å². The molecule has 1 fully saturated rings. The Morgan fingerprint density at radius 1 is 1.43 bits per heavy atom. The number of aliphatic carboxylic acids is 1. The molecule has 0 aromatic heterocycles. The molecule has 23 heavy (non-hydrogen) atoms. The van der Waals surface area contributed by atoms with Crippen LogP contribution in [0.2, 0.25) is 0 Å². The Balaban J connectivity index is 2.69. The molecular weight excluding hydrogens is 342 g/mol. The molecule has 0 unspecified atom stereocenters. The molecule has 0 saturated carbocycles. The van der Waals surface area contributed by atoms with Gasteiger partial charge in [-0.25, -0.2) is 0 Å². The minimum Gasteiger partial charge on any atom is -0.480 e. The number of aliphatic hydroxyl groups is 1. The smallest absolute Gasteiger partial charge is 0.321 e. The molecule has 0 radical (unpaired) electrons. The normalized spacial score (nSPS) is 26.5. The molecule has 7 nitrogen and oxygen atoms in total. The van der Waals surface area contributed by atoms with Crippen LogP contribution < -0.4 is 5.32 Å². The summed E-state index contributed by atoms with van der Waals surface area (Å²) in [4.78, 5) is 34.5. The van der Waals surface area contributed by atoms with E-state index in [0.29, 0.717) is 13.0 Å². The predicted octanol–water partition coefficient (Wildman–Crippen LogP) is 0.310. The van der Waals surface area contributed by atoms with Crippen molar-refractivity contribution in [2.24, 2.45) is 5.92 Å². The first-order valence-electron chi connectivity index (χ1n) is 7.44. The van der Waals surface area contributed by atoms with Gasteiger partial charge in [-0.05, 0) is 19.8 Å². The van der Waals surface area contributed by atoms with Gasteiger partial charge in [-0.3, -0.25) is 19.7 Å². The molecule has 0 aromatic carbocycles.